The summed E-state index contributed by atoms with van der Waals surface area (Å²) >= 11 is 0. The maximum Gasteiger partial charge on any atom is 0.251 e. The number of amides is 3. The predicted molar refractivity (Wildman–Crippen MR) is 113 cm³/mol. The van der Waals surface area contributed by atoms with Crippen LogP contribution in [0.5, 0.6) is 0 Å². The monoisotopic (exact) mass is 394 g/mol. The number of carbonyl (C=O) groups is 3. The summed E-state index contributed by atoms with van der Waals surface area (Å²) in [5.74, 6) is -0.307. The predicted octanol–water partition coefficient (Wildman–Crippen LogP) is 2.15. The molecule has 0 spiro atoms. The third kappa shape index (κ3) is 5.57. The SMILES string of the molecule is CC(C)C(=O)Nc1ccc(C(=O)NCc2ccc(N3CCNC(=O)C3)cc2)cc1. The lowest BCUT2D eigenvalue weighted by Gasteiger charge is -2.28. The summed E-state index contributed by atoms with van der Waals surface area (Å²) < 4.78 is 0. The van der Waals surface area contributed by atoms with Crippen LogP contribution in [0.25, 0.3) is 0 Å². The molecule has 3 N–H and O–H groups in total. The third-order valence-corrected chi connectivity index (χ3v) is 4.73. The molecule has 29 heavy (non-hydrogen) atoms. The van der Waals surface area contributed by atoms with E-state index in [9.17, 15) is 14.4 Å². The third-order valence-electron chi connectivity index (χ3n) is 4.73. The Morgan fingerprint density at radius 3 is 2.38 bits per heavy atom. The van der Waals surface area contributed by atoms with E-state index >= 15 is 0 Å². The molecule has 1 fully saturated rings. The minimum atomic E-state index is -0.177. The van der Waals surface area contributed by atoms with Crippen LogP contribution in [0.2, 0.25) is 0 Å². The second kappa shape index (κ2) is 9.23. The number of anilines is 2. The van der Waals surface area contributed by atoms with Crippen molar-refractivity contribution in [3.05, 3.63) is 59.7 Å². The average Bonchev–Trinajstić information content (AvgIpc) is 2.73. The van der Waals surface area contributed by atoms with Crippen LogP contribution in [0.4, 0.5) is 11.4 Å². The average molecular weight is 394 g/mol. The fourth-order valence-corrected chi connectivity index (χ4v) is 2.96. The van der Waals surface area contributed by atoms with Crippen LogP contribution in [-0.4, -0.2) is 37.4 Å². The Balaban J connectivity index is 1.52. The second-order valence-electron chi connectivity index (χ2n) is 7.34. The Morgan fingerprint density at radius 1 is 1.07 bits per heavy atom. The largest absolute Gasteiger partial charge is 0.360 e. The zero-order chi connectivity index (χ0) is 20.8. The number of piperazine rings is 1. The molecule has 1 saturated heterocycles. The van der Waals surface area contributed by atoms with Crippen molar-refractivity contribution in [1.29, 1.82) is 0 Å². The van der Waals surface area contributed by atoms with E-state index in [4.69, 9.17) is 0 Å². The fraction of sp³-hybridized carbons (Fsp3) is 0.318. The zero-order valence-corrected chi connectivity index (χ0v) is 16.7. The van der Waals surface area contributed by atoms with Gasteiger partial charge in [0.05, 0.1) is 6.54 Å². The molecular formula is C22H26N4O3. The molecular weight excluding hydrogens is 368 g/mol. The Kier molecular flexibility index (Phi) is 6.49. The van der Waals surface area contributed by atoms with Gasteiger partial charge in [0, 0.05) is 42.5 Å². The Labute approximate surface area is 170 Å². The van der Waals surface area contributed by atoms with Crippen LogP contribution in [0.15, 0.2) is 48.5 Å². The molecule has 7 nitrogen and oxygen atoms in total. The summed E-state index contributed by atoms with van der Waals surface area (Å²) in [5.41, 5.74) is 3.17. The fourth-order valence-electron chi connectivity index (χ4n) is 2.96. The van der Waals surface area contributed by atoms with Crippen LogP contribution in [0, 0.1) is 5.92 Å². The molecule has 0 saturated carbocycles. The topological polar surface area (TPSA) is 90.5 Å². The highest BCUT2D eigenvalue weighted by Crippen LogP contribution is 2.16. The first-order valence-electron chi connectivity index (χ1n) is 9.72. The highest BCUT2D eigenvalue weighted by molar-refractivity contribution is 5.96. The van der Waals surface area contributed by atoms with Gasteiger partial charge >= 0.3 is 0 Å². The summed E-state index contributed by atoms with van der Waals surface area (Å²) in [7, 11) is 0. The van der Waals surface area contributed by atoms with Gasteiger partial charge in [-0.25, -0.2) is 0 Å². The van der Waals surface area contributed by atoms with E-state index in [-0.39, 0.29) is 23.6 Å². The van der Waals surface area contributed by atoms with Gasteiger partial charge in [-0.15, -0.1) is 0 Å². The van der Waals surface area contributed by atoms with Gasteiger partial charge in [0.25, 0.3) is 5.91 Å². The molecule has 0 bridgehead atoms. The molecule has 0 atom stereocenters. The van der Waals surface area contributed by atoms with E-state index < -0.39 is 0 Å². The molecule has 1 aliphatic heterocycles. The van der Waals surface area contributed by atoms with E-state index in [0.717, 1.165) is 17.8 Å². The smallest absolute Gasteiger partial charge is 0.251 e. The number of benzene rings is 2. The molecule has 3 amide bonds. The van der Waals surface area contributed by atoms with Crippen LogP contribution in [0.3, 0.4) is 0 Å². The van der Waals surface area contributed by atoms with Gasteiger partial charge in [0.15, 0.2) is 0 Å². The van der Waals surface area contributed by atoms with Crippen molar-refractivity contribution in [2.24, 2.45) is 5.92 Å². The molecule has 0 radical (unpaired) electrons. The van der Waals surface area contributed by atoms with Crippen molar-refractivity contribution in [2.75, 3.05) is 29.9 Å². The summed E-state index contributed by atoms with van der Waals surface area (Å²) in [6, 6.07) is 14.7. The normalized spacial score (nSPS) is 13.8. The van der Waals surface area contributed by atoms with Crippen LogP contribution < -0.4 is 20.9 Å². The second-order valence-corrected chi connectivity index (χ2v) is 7.34. The van der Waals surface area contributed by atoms with Crippen LogP contribution in [0.1, 0.15) is 29.8 Å². The Bertz CT molecular complexity index is 876. The lowest BCUT2D eigenvalue weighted by Crippen LogP contribution is -2.47. The van der Waals surface area contributed by atoms with Gasteiger partial charge in [-0.1, -0.05) is 26.0 Å². The van der Waals surface area contributed by atoms with Crippen molar-refractivity contribution in [3.8, 4) is 0 Å². The number of nitrogens with one attached hydrogen (secondary N) is 3. The molecule has 0 aromatic heterocycles. The van der Waals surface area contributed by atoms with E-state index in [1.165, 1.54) is 0 Å². The summed E-state index contributed by atoms with van der Waals surface area (Å²) in [6.07, 6.45) is 0. The van der Waals surface area contributed by atoms with Crippen molar-refractivity contribution in [3.63, 3.8) is 0 Å². The first-order valence-corrected chi connectivity index (χ1v) is 9.72. The van der Waals surface area contributed by atoms with Gasteiger partial charge in [0.2, 0.25) is 11.8 Å². The molecule has 3 rings (SSSR count). The number of rotatable bonds is 6. The first-order chi connectivity index (χ1) is 13.9. The van der Waals surface area contributed by atoms with Crippen molar-refractivity contribution in [2.45, 2.75) is 20.4 Å². The van der Waals surface area contributed by atoms with Gasteiger partial charge in [0.1, 0.15) is 0 Å². The Morgan fingerprint density at radius 2 is 1.76 bits per heavy atom. The number of carbonyl (C=O) groups excluding carboxylic acids is 3. The van der Waals surface area contributed by atoms with Crippen LogP contribution in [-0.2, 0) is 16.1 Å². The lowest BCUT2D eigenvalue weighted by molar-refractivity contribution is -0.120. The maximum atomic E-state index is 12.4. The van der Waals surface area contributed by atoms with E-state index in [1.807, 2.05) is 43.0 Å². The molecule has 1 aliphatic rings. The molecule has 2 aromatic carbocycles. The summed E-state index contributed by atoms with van der Waals surface area (Å²) in [4.78, 5) is 37.6. The highest BCUT2D eigenvalue weighted by atomic mass is 16.2. The molecule has 152 valence electrons. The van der Waals surface area contributed by atoms with Crippen molar-refractivity contribution >= 4 is 29.1 Å². The van der Waals surface area contributed by atoms with E-state index in [1.54, 1.807) is 24.3 Å². The standard InChI is InChI=1S/C22H26N4O3/c1-15(2)21(28)25-18-7-5-17(6-8-18)22(29)24-13-16-3-9-19(10-4-16)26-12-11-23-20(27)14-26/h3-10,15H,11-14H2,1-2H3,(H,23,27)(H,24,29)(H,25,28). The zero-order valence-electron chi connectivity index (χ0n) is 16.7. The van der Waals surface area contributed by atoms with Gasteiger partial charge in [-0.05, 0) is 42.0 Å². The number of hydrogen-bond donors (Lipinski definition) is 3. The molecule has 1 heterocycles. The summed E-state index contributed by atoms with van der Waals surface area (Å²) in [6.45, 7) is 5.86. The summed E-state index contributed by atoms with van der Waals surface area (Å²) in [5, 5.41) is 8.51. The molecule has 7 heteroatoms. The van der Waals surface area contributed by atoms with Gasteiger partial charge in [-0.2, -0.15) is 0 Å². The minimum Gasteiger partial charge on any atom is -0.360 e. The quantitative estimate of drug-likeness (QED) is 0.700. The minimum absolute atomic E-state index is 0.0300. The molecule has 0 aliphatic carbocycles. The highest BCUT2D eigenvalue weighted by Gasteiger charge is 2.16. The number of hydrogen-bond acceptors (Lipinski definition) is 4. The number of nitrogens with zero attached hydrogens (tertiary/aromatic N) is 1. The van der Waals surface area contributed by atoms with Crippen LogP contribution >= 0.6 is 0 Å². The first kappa shape index (κ1) is 20.4. The lowest BCUT2D eigenvalue weighted by atomic mass is 10.1. The van der Waals surface area contributed by atoms with Crippen molar-refractivity contribution < 1.29 is 14.4 Å². The maximum absolute atomic E-state index is 12.4. The molecule has 2 aromatic rings. The van der Waals surface area contributed by atoms with Gasteiger partial charge < -0.3 is 20.9 Å². The van der Waals surface area contributed by atoms with E-state index in [0.29, 0.717) is 30.9 Å². The van der Waals surface area contributed by atoms with Crippen molar-refractivity contribution in [1.82, 2.24) is 10.6 Å². The van der Waals surface area contributed by atoms with E-state index in [2.05, 4.69) is 16.0 Å². The van der Waals surface area contributed by atoms with Gasteiger partial charge in [-0.3, -0.25) is 14.4 Å². The Hall–Kier alpha value is -3.35. The molecule has 0 unspecified atom stereocenters.